The summed E-state index contributed by atoms with van der Waals surface area (Å²) in [5, 5.41) is 0. The number of phosphoric acid groups is 2. The van der Waals surface area contributed by atoms with Gasteiger partial charge < -0.3 is 25.0 Å². The second kappa shape index (κ2) is 6.71. The summed E-state index contributed by atoms with van der Waals surface area (Å²) in [7, 11) is -10.0. The number of nitrogen functional groups attached to an aromatic ring is 1. The van der Waals surface area contributed by atoms with Crippen molar-refractivity contribution < 1.29 is 32.6 Å². The molecule has 3 rings (SSSR count). The molecule has 1 aliphatic rings. The maximum atomic E-state index is 11.8. The van der Waals surface area contributed by atoms with Crippen molar-refractivity contribution in [1.82, 2.24) is 19.5 Å². The molecule has 0 bridgehead atoms. The third-order valence-corrected chi connectivity index (χ3v) is 5.77. The zero-order valence-corrected chi connectivity index (χ0v) is 14.8. The molecule has 26 heavy (non-hydrogen) atoms. The molecule has 0 radical (unpaired) electrons. The highest BCUT2D eigenvalue weighted by Gasteiger charge is 2.34. The summed E-state index contributed by atoms with van der Waals surface area (Å²) in [5.41, 5.74) is 5.49. The van der Waals surface area contributed by atoms with E-state index in [1.54, 1.807) is 16.7 Å². The summed E-state index contributed by atoms with van der Waals surface area (Å²) in [4.78, 5) is 48.6. The van der Waals surface area contributed by atoms with E-state index in [9.17, 15) is 18.8 Å². The standard InChI is InChI=1S/C11H15N5O8P2/c12-11-14-9-8(10(17)15-11)13-5-16(9)7-2-1-6(3-7)4-23-26(21,22)24-25(18,19)20/h1-2,5-7H,3-4H2,(H,21,22)(H2,18,19,20)(H3,12,14,15,17). The van der Waals surface area contributed by atoms with Crippen LogP contribution in [0.2, 0.25) is 0 Å². The molecule has 0 saturated heterocycles. The van der Waals surface area contributed by atoms with E-state index < -0.39 is 21.2 Å². The average Bonchev–Trinajstić information content (AvgIpc) is 3.08. The number of hydrogen-bond acceptors (Lipinski definition) is 8. The van der Waals surface area contributed by atoms with E-state index in [4.69, 9.17) is 15.5 Å². The molecule has 1 aliphatic carbocycles. The molecule has 0 saturated carbocycles. The second-order valence-electron chi connectivity index (χ2n) is 5.56. The van der Waals surface area contributed by atoms with Gasteiger partial charge in [-0.05, 0) is 6.42 Å². The van der Waals surface area contributed by atoms with Crippen LogP contribution >= 0.6 is 15.6 Å². The van der Waals surface area contributed by atoms with Gasteiger partial charge in [0.2, 0.25) is 5.95 Å². The van der Waals surface area contributed by atoms with Crippen LogP contribution in [-0.2, 0) is 18.0 Å². The first-order chi connectivity index (χ1) is 12.0. The van der Waals surface area contributed by atoms with Gasteiger partial charge in [-0.2, -0.15) is 9.29 Å². The monoisotopic (exact) mass is 407 g/mol. The fourth-order valence-corrected chi connectivity index (χ4v) is 4.26. The molecular formula is C11H15N5O8P2. The Kier molecular flexibility index (Phi) is 4.88. The molecule has 0 fully saturated rings. The highest BCUT2D eigenvalue weighted by Crippen LogP contribution is 2.57. The smallest absolute Gasteiger partial charge is 0.369 e. The largest absolute Gasteiger partial charge is 0.481 e. The molecule has 3 unspecified atom stereocenters. The van der Waals surface area contributed by atoms with Gasteiger partial charge >= 0.3 is 15.6 Å². The lowest BCUT2D eigenvalue weighted by atomic mass is 10.1. The Hall–Kier alpha value is -1.85. The van der Waals surface area contributed by atoms with Crippen molar-refractivity contribution >= 4 is 32.8 Å². The first-order valence-electron chi connectivity index (χ1n) is 7.19. The van der Waals surface area contributed by atoms with Crippen LogP contribution in [0.5, 0.6) is 0 Å². The summed E-state index contributed by atoms with van der Waals surface area (Å²) in [5.74, 6) is -0.389. The lowest BCUT2D eigenvalue weighted by Crippen LogP contribution is -2.14. The molecule has 3 atom stereocenters. The van der Waals surface area contributed by atoms with Gasteiger partial charge in [-0.15, -0.1) is 0 Å². The van der Waals surface area contributed by atoms with Gasteiger partial charge in [0, 0.05) is 5.92 Å². The van der Waals surface area contributed by atoms with Gasteiger partial charge in [0.1, 0.15) is 0 Å². The van der Waals surface area contributed by atoms with Crippen LogP contribution in [-0.4, -0.2) is 40.8 Å². The van der Waals surface area contributed by atoms with Crippen molar-refractivity contribution in [2.45, 2.75) is 12.5 Å². The second-order valence-corrected chi connectivity index (χ2v) is 8.39. The van der Waals surface area contributed by atoms with Crippen LogP contribution in [0.1, 0.15) is 12.5 Å². The van der Waals surface area contributed by atoms with Gasteiger partial charge in [-0.25, -0.2) is 14.1 Å². The summed E-state index contributed by atoms with van der Waals surface area (Å²) in [6.45, 7) is -0.302. The fraction of sp³-hybridized carbons (Fsp3) is 0.364. The topological polar surface area (TPSA) is 203 Å². The predicted molar refractivity (Wildman–Crippen MR) is 87.8 cm³/mol. The van der Waals surface area contributed by atoms with E-state index >= 15 is 0 Å². The quantitative estimate of drug-likeness (QED) is 0.319. The minimum atomic E-state index is -5.16. The molecule has 0 spiro atoms. The maximum Gasteiger partial charge on any atom is 0.481 e. The Labute approximate surface area is 145 Å². The van der Waals surface area contributed by atoms with E-state index in [-0.39, 0.29) is 30.0 Å². The summed E-state index contributed by atoms with van der Waals surface area (Å²) >= 11 is 0. The molecule has 2 aromatic rings. The van der Waals surface area contributed by atoms with Gasteiger partial charge in [0.25, 0.3) is 5.56 Å². The van der Waals surface area contributed by atoms with Crippen molar-refractivity contribution in [1.29, 1.82) is 0 Å². The van der Waals surface area contributed by atoms with Crippen LogP contribution in [0.4, 0.5) is 5.95 Å². The van der Waals surface area contributed by atoms with Crippen LogP contribution in [0.25, 0.3) is 11.2 Å². The summed E-state index contributed by atoms with van der Waals surface area (Å²) in [6, 6.07) is -0.261. The minimum absolute atomic E-state index is 0.0538. The van der Waals surface area contributed by atoms with Gasteiger partial charge in [0.05, 0.1) is 19.0 Å². The number of aromatic amines is 1. The van der Waals surface area contributed by atoms with E-state index in [1.807, 2.05) is 0 Å². The lowest BCUT2D eigenvalue weighted by molar-refractivity contribution is 0.163. The van der Waals surface area contributed by atoms with Crippen LogP contribution in [0.15, 0.2) is 23.3 Å². The number of aromatic nitrogens is 4. The first-order valence-corrected chi connectivity index (χ1v) is 10.2. The van der Waals surface area contributed by atoms with E-state index in [0.717, 1.165) is 0 Å². The van der Waals surface area contributed by atoms with Crippen molar-refractivity contribution in [3.8, 4) is 0 Å². The van der Waals surface area contributed by atoms with E-state index in [0.29, 0.717) is 12.1 Å². The van der Waals surface area contributed by atoms with E-state index in [2.05, 4.69) is 23.8 Å². The molecule has 0 aliphatic heterocycles. The number of anilines is 1. The molecule has 6 N–H and O–H groups in total. The van der Waals surface area contributed by atoms with Gasteiger partial charge in [-0.1, -0.05) is 12.2 Å². The maximum absolute atomic E-state index is 11.8. The molecule has 0 aromatic carbocycles. The van der Waals surface area contributed by atoms with Crippen molar-refractivity contribution in [2.24, 2.45) is 5.92 Å². The van der Waals surface area contributed by atoms with Crippen LogP contribution in [0, 0.1) is 5.92 Å². The lowest BCUT2D eigenvalue weighted by Gasteiger charge is -2.16. The fourth-order valence-electron chi connectivity index (χ4n) is 2.62. The Morgan fingerprint density at radius 1 is 1.35 bits per heavy atom. The number of phosphoric ester groups is 1. The number of hydrogen-bond donors (Lipinski definition) is 5. The average molecular weight is 407 g/mol. The first kappa shape index (κ1) is 18.9. The molecular weight excluding hydrogens is 392 g/mol. The van der Waals surface area contributed by atoms with Crippen molar-refractivity contribution in [3.05, 3.63) is 28.8 Å². The SMILES string of the molecule is Nc1nc2c(ncn2C2C=CC(COP(=O)(O)OP(=O)(O)O)C2)c(=O)[nH]1. The van der Waals surface area contributed by atoms with Gasteiger partial charge in [0.15, 0.2) is 11.2 Å². The summed E-state index contributed by atoms with van der Waals surface area (Å²) < 4.78 is 32.0. The normalized spacial score (nSPS) is 22.7. The highest BCUT2D eigenvalue weighted by atomic mass is 31.3. The molecule has 0 amide bonds. The minimum Gasteiger partial charge on any atom is -0.369 e. The number of rotatable bonds is 6. The number of nitrogens with two attached hydrogens (primary N) is 1. The van der Waals surface area contributed by atoms with Gasteiger partial charge in [-0.3, -0.25) is 14.3 Å². The Morgan fingerprint density at radius 2 is 2.08 bits per heavy atom. The Morgan fingerprint density at radius 3 is 2.77 bits per heavy atom. The number of fused-ring (bicyclic) bond motifs is 1. The third kappa shape index (κ3) is 4.27. The zero-order valence-electron chi connectivity index (χ0n) is 13.0. The summed E-state index contributed by atoms with van der Waals surface area (Å²) in [6.07, 6.45) is 5.30. The molecule has 2 heterocycles. The highest BCUT2D eigenvalue weighted by molar-refractivity contribution is 7.60. The molecule has 13 nitrogen and oxygen atoms in total. The van der Waals surface area contributed by atoms with E-state index in [1.165, 1.54) is 6.33 Å². The predicted octanol–water partition coefficient (Wildman–Crippen LogP) is 0.0453. The molecule has 142 valence electrons. The zero-order chi connectivity index (χ0) is 19.1. The third-order valence-electron chi connectivity index (χ3n) is 3.62. The number of nitrogens with zero attached hydrogens (tertiary/aromatic N) is 3. The number of nitrogens with one attached hydrogen (secondary N) is 1. The molecule has 15 heteroatoms. The van der Waals surface area contributed by atoms with Crippen molar-refractivity contribution in [2.75, 3.05) is 12.3 Å². The number of allylic oxidation sites excluding steroid dienone is 1. The number of H-pyrrole nitrogens is 1. The molecule has 2 aromatic heterocycles. The number of imidazole rings is 1. The van der Waals surface area contributed by atoms with Crippen molar-refractivity contribution in [3.63, 3.8) is 0 Å². The Bertz CT molecular complexity index is 1010. The van der Waals surface area contributed by atoms with Crippen LogP contribution in [0.3, 0.4) is 0 Å². The Balaban J connectivity index is 1.69. The van der Waals surface area contributed by atoms with Crippen LogP contribution < -0.4 is 11.3 Å².